The third-order valence-electron chi connectivity index (χ3n) is 1.98. The molecule has 0 aromatic heterocycles. The van der Waals surface area contributed by atoms with E-state index < -0.39 is 11.7 Å². The number of halogens is 1. The van der Waals surface area contributed by atoms with Crippen LogP contribution >= 0.6 is 11.6 Å². The zero-order chi connectivity index (χ0) is 14.6. The summed E-state index contributed by atoms with van der Waals surface area (Å²) in [6.45, 7) is 6.62. The number of carbonyl (C=O) groups excluding carboxylic acids is 2. The fourth-order valence-electron chi connectivity index (χ4n) is 1.20. The first-order valence-corrected chi connectivity index (χ1v) is 6.03. The summed E-state index contributed by atoms with van der Waals surface area (Å²) in [7, 11) is 0. The quantitative estimate of drug-likeness (QED) is 0.683. The predicted octanol–water partition coefficient (Wildman–Crippen LogP) is 3.36. The predicted molar refractivity (Wildman–Crippen MR) is 71.5 cm³/mol. The van der Waals surface area contributed by atoms with E-state index in [1.807, 2.05) is 0 Å². The van der Waals surface area contributed by atoms with E-state index in [9.17, 15) is 9.59 Å². The summed E-state index contributed by atoms with van der Waals surface area (Å²) >= 11 is 5.89. The molecule has 1 amide bonds. The fraction of sp³-hybridized carbons (Fsp3) is 0.385. The Bertz CT molecular complexity index is 494. The van der Waals surface area contributed by atoms with Gasteiger partial charge in [0.25, 0.3) is 0 Å². The summed E-state index contributed by atoms with van der Waals surface area (Å²) in [6.07, 6.45) is -0.739. The average molecular weight is 286 g/mol. The summed E-state index contributed by atoms with van der Waals surface area (Å²) < 4.78 is 4.99. The highest BCUT2D eigenvalue weighted by molar-refractivity contribution is 6.32. The minimum absolute atomic E-state index is 0.126. The maximum absolute atomic E-state index is 11.4. The van der Waals surface area contributed by atoms with Crippen molar-refractivity contribution in [3.63, 3.8) is 0 Å². The van der Waals surface area contributed by atoms with Crippen molar-refractivity contribution < 1.29 is 19.2 Å². The Labute approximate surface area is 116 Å². The van der Waals surface area contributed by atoms with E-state index >= 15 is 0 Å². The number of benzene rings is 1. The molecule has 0 saturated carbocycles. The molecule has 6 heteroatoms. The second kappa shape index (κ2) is 5.93. The highest BCUT2D eigenvalue weighted by atomic mass is 35.5. The molecule has 0 unspecified atom stereocenters. The van der Waals surface area contributed by atoms with E-state index in [4.69, 9.17) is 21.2 Å². The monoisotopic (exact) mass is 285 g/mol. The third kappa shape index (κ3) is 5.18. The van der Waals surface area contributed by atoms with E-state index in [-0.39, 0.29) is 16.6 Å². The first-order chi connectivity index (χ1) is 8.69. The second-order valence-electron chi connectivity index (χ2n) is 4.91. The van der Waals surface area contributed by atoms with E-state index in [2.05, 4.69) is 5.48 Å². The van der Waals surface area contributed by atoms with Gasteiger partial charge >= 0.3 is 6.09 Å². The van der Waals surface area contributed by atoms with Gasteiger partial charge in [0.15, 0.2) is 11.5 Å². The van der Waals surface area contributed by atoms with Gasteiger partial charge in [-0.05, 0) is 45.9 Å². The summed E-state index contributed by atoms with van der Waals surface area (Å²) in [6, 6.07) is 4.54. The molecule has 0 saturated heterocycles. The highest BCUT2D eigenvalue weighted by Gasteiger charge is 2.17. The zero-order valence-corrected chi connectivity index (χ0v) is 12.0. The molecule has 0 aliphatic rings. The number of Topliss-reactive ketones (excluding diaryl/α,β-unsaturated/α-hetero) is 1. The number of ketones is 1. The lowest BCUT2D eigenvalue weighted by Crippen LogP contribution is -2.34. The number of rotatable bonds is 3. The molecular weight excluding hydrogens is 270 g/mol. The van der Waals surface area contributed by atoms with Crippen LogP contribution in [0, 0.1) is 0 Å². The van der Waals surface area contributed by atoms with Gasteiger partial charge in [-0.15, -0.1) is 0 Å². The molecule has 0 aliphatic heterocycles. The van der Waals surface area contributed by atoms with Crippen molar-refractivity contribution in [2.45, 2.75) is 33.3 Å². The molecule has 0 fully saturated rings. The number of nitrogens with one attached hydrogen (secondary N) is 1. The number of hydrogen-bond donors (Lipinski definition) is 1. The van der Waals surface area contributed by atoms with E-state index in [0.717, 1.165) is 0 Å². The van der Waals surface area contributed by atoms with Crippen LogP contribution in [0.1, 0.15) is 38.1 Å². The van der Waals surface area contributed by atoms with Crippen molar-refractivity contribution in [1.82, 2.24) is 5.48 Å². The Morgan fingerprint density at radius 2 is 1.89 bits per heavy atom. The molecule has 104 valence electrons. The third-order valence-corrected chi connectivity index (χ3v) is 2.29. The normalized spacial score (nSPS) is 10.8. The van der Waals surface area contributed by atoms with Crippen LogP contribution in [0.2, 0.25) is 5.02 Å². The van der Waals surface area contributed by atoms with Gasteiger partial charge in [-0.2, -0.15) is 5.48 Å². The SMILES string of the molecule is CC(=O)c1ccc(Cl)c(ONC(=O)OC(C)(C)C)c1. The summed E-state index contributed by atoms with van der Waals surface area (Å²) in [5.41, 5.74) is 1.91. The van der Waals surface area contributed by atoms with Crippen LogP contribution < -0.4 is 10.3 Å². The number of amides is 1. The standard InChI is InChI=1S/C13H16ClNO4/c1-8(16)9-5-6-10(14)11(7-9)19-15-12(17)18-13(2,3)4/h5-7H,1-4H3,(H,15,17). The Morgan fingerprint density at radius 1 is 1.26 bits per heavy atom. The van der Waals surface area contributed by atoms with Crippen molar-refractivity contribution in [2.75, 3.05) is 0 Å². The molecule has 0 bridgehead atoms. The highest BCUT2D eigenvalue weighted by Crippen LogP contribution is 2.25. The summed E-state index contributed by atoms with van der Waals surface area (Å²) in [5.74, 6) is 0.0546. The van der Waals surface area contributed by atoms with Crippen LogP contribution in [0.5, 0.6) is 5.75 Å². The molecule has 1 N–H and O–H groups in total. The lowest BCUT2D eigenvalue weighted by molar-refractivity contribution is 0.0288. The average Bonchev–Trinajstić information content (AvgIpc) is 2.25. The van der Waals surface area contributed by atoms with Crippen LogP contribution in [-0.4, -0.2) is 17.5 Å². The van der Waals surface area contributed by atoms with Crippen LogP contribution in [0.3, 0.4) is 0 Å². The Morgan fingerprint density at radius 3 is 2.42 bits per heavy atom. The molecule has 1 aromatic rings. The molecule has 0 radical (unpaired) electrons. The molecule has 0 atom stereocenters. The minimum atomic E-state index is -0.739. The smallest absolute Gasteiger partial charge is 0.441 e. The van der Waals surface area contributed by atoms with Gasteiger partial charge in [0.1, 0.15) is 5.60 Å². The lowest BCUT2D eigenvalue weighted by Gasteiger charge is -2.19. The maximum Gasteiger partial charge on any atom is 0.441 e. The van der Waals surface area contributed by atoms with E-state index in [1.165, 1.54) is 19.1 Å². The lowest BCUT2D eigenvalue weighted by atomic mass is 10.1. The number of hydrogen-bond acceptors (Lipinski definition) is 4. The van der Waals surface area contributed by atoms with Crippen molar-refractivity contribution in [2.24, 2.45) is 0 Å². The van der Waals surface area contributed by atoms with Crippen molar-refractivity contribution >= 4 is 23.5 Å². The summed E-state index contributed by atoms with van der Waals surface area (Å²) in [4.78, 5) is 27.6. The Hall–Kier alpha value is -1.75. The number of ether oxygens (including phenoxy) is 1. The van der Waals surface area contributed by atoms with Crippen molar-refractivity contribution in [1.29, 1.82) is 0 Å². The van der Waals surface area contributed by atoms with Crippen LogP contribution in [-0.2, 0) is 4.74 Å². The molecular formula is C13H16ClNO4. The van der Waals surface area contributed by atoms with Gasteiger partial charge in [-0.25, -0.2) is 4.79 Å². The Kier molecular flexibility index (Phi) is 4.78. The molecule has 0 heterocycles. The van der Waals surface area contributed by atoms with Crippen molar-refractivity contribution in [3.8, 4) is 5.75 Å². The molecule has 5 nitrogen and oxygen atoms in total. The molecule has 1 aromatic carbocycles. The second-order valence-corrected chi connectivity index (χ2v) is 5.31. The van der Waals surface area contributed by atoms with Crippen molar-refractivity contribution in [3.05, 3.63) is 28.8 Å². The van der Waals surface area contributed by atoms with Gasteiger partial charge in [-0.3, -0.25) is 4.79 Å². The van der Waals surface area contributed by atoms with Gasteiger partial charge in [-0.1, -0.05) is 11.6 Å². The molecule has 1 rings (SSSR count). The maximum atomic E-state index is 11.4. The Balaban J connectivity index is 2.70. The molecule has 0 aliphatic carbocycles. The van der Waals surface area contributed by atoms with Gasteiger partial charge in [0.05, 0.1) is 5.02 Å². The number of carbonyl (C=O) groups is 2. The number of hydroxylamine groups is 1. The fourth-order valence-corrected chi connectivity index (χ4v) is 1.35. The van der Waals surface area contributed by atoms with Gasteiger partial charge in [0.2, 0.25) is 0 Å². The topological polar surface area (TPSA) is 64.6 Å². The van der Waals surface area contributed by atoms with Crippen LogP contribution in [0.4, 0.5) is 4.79 Å². The van der Waals surface area contributed by atoms with E-state index in [0.29, 0.717) is 5.56 Å². The van der Waals surface area contributed by atoms with Crippen LogP contribution in [0.15, 0.2) is 18.2 Å². The van der Waals surface area contributed by atoms with Gasteiger partial charge < -0.3 is 9.57 Å². The zero-order valence-electron chi connectivity index (χ0n) is 11.2. The summed E-state index contributed by atoms with van der Waals surface area (Å²) in [5, 5.41) is 0.279. The van der Waals surface area contributed by atoms with Gasteiger partial charge in [0, 0.05) is 5.56 Å². The first-order valence-electron chi connectivity index (χ1n) is 5.65. The molecule has 0 spiro atoms. The largest absolute Gasteiger partial charge is 0.442 e. The van der Waals surface area contributed by atoms with Crippen LogP contribution in [0.25, 0.3) is 0 Å². The molecule has 19 heavy (non-hydrogen) atoms. The van der Waals surface area contributed by atoms with E-state index in [1.54, 1.807) is 26.8 Å². The first kappa shape index (κ1) is 15.3. The minimum Gasteiger partial charge on any atom is -0.442 e.